The van der Waals surface area contributed by atoms with Crippen molar-refractivity contribution in [3.63, 3.8) is 0 Å². The van der Waals surface area contributed by atoms with Crippen molar-refractivity contribution in [2.45, 2.75) is 33.3 Å². The third-order valence-corrected chi connectivity index (χ3v) is 4.36. The fraction of sp³-hybridized carbons (Fsp3) is 0.333. The van der Waals surface area contributed by atoms with Gasteiger partial charge >= 0.3 is 5.97 Å². The van der Waals surface area contributed by atoms with Crippen molar-refractivity contribution in [2.75, 3.05) is 18.1 Å². The van der Waals surface area contributed by atoms with Crippen LogP contribution in [0.25, 0.3) is 0 Å². The maximum Gasteiger partial charge on any atom is 0.344 e. The molecule has 5 heteroatoms. The number of esters is 1. The van der Waals surface area contributed by atoms with Gasteiger partial charge in [0.1, 0.15) is 5.75 Å². The first-order chi connectivity index (χ1) is 12.4. The Hall–Kier alpha value is -2.82. The van der Waals surface area contributed by atoms with Crippen LogP contribution in [0.4, 0.5) is 5.69 Å². The molecule has 1 heterocycles. The van der Waals surface area contributed by atoms with Crippen LogP contribution >= 0.6 is 0 Å². The van der Waals surface area contributed by atoms with E-state index in [0.29, 0.717) is 12.3 Å². The molecule has 0 aliphatic carbocycles. The number of hydrogen-bond donors (Lipinski definition) is 0. The lowest BCUT2D eigenvalue weighted by atomic mass is 10.1. The molecule has 0 fully saturated rings. The summed E-state index contributed by atoms with van der Waals surface area (Å²) in [6, 6.07) is 13.5. The first kappa shape index (κ1) is 18.0. The number of fused-ring (bicyclic) bond motifs is 1. The maximum atomic E-state index is 12.6. The molecule has 26 heavy (non-hydrogen) atoms. The number of amides is 1. The number of carbonyl (C=O) groups excluding carboxylic acids is 2. The average molecular weight is 353 g/mol. The van der Waals surface area contributed by atoms with Crippen molar-refractivity contribution in [3.8, 4) is 5.75 Å². The van der Waals surface area contributed by atoms with E-state index in [1.165, 1.54) is 0 Å². The van der Waals surface area contributed by atoms with Gasteiger partial charge in [0.2, 0.25) is 0 Å². The Kier molecular flexibility index (Phi) is 5.26. The van der Waals surface area contributed by atoms with Gasteiger partial charge in [-0.25, -0.2) is 4.79 Å². The van der Waals surface area contributed by atoms with Crippen LogP contribution in [0.1, 0.15) is 23.6 Å². The molecule has 0 spiro atoms. The fourth-order valence-electron chi connectivity index (χ4n) is 3.23. The first-order valence-corrected chi connectivity index (χ1v) is 8.74. The molecule has 0 bridgehead atoms. The number of benzene rings is 2. The van der Waals surface area contributed by atoms with E-state index in [1.807, 2.05) is 56.3 Å². The maximum absolute atomic E-state index is 12.6. The van der Waals surface area contributed by atoms with Crippen molar-refractivity contribution in [3.05, 3.63) is 59.2 Å². The summed E-state index contributed by atoms with van der Waals surface area (Å²) in [5.74, 6) is -0.154. The van der Waals surface area contributed by atoms with E-state index in [9.17, 15) is 9.59 Å². The van der Waals surface area contributed by atoms with Gasteiger partial charge in [0.25, 0.3) is 5.91 Å². The highest BCUT2D eigenvalue weighted by Crippen LogP contribution is 2.28. The van der Waals surface area contributed by atoms with Gasteiger partial charge in [-0.1, -0.05) is 24.3 Å². The number of nitrogens with zero attached hydrogens (tertiary/aromatic N) is 1. The highest BCUT2D eigenvalue weighted by atomic mass is 16.6. The predicted octanol–water partition coefficient (Wildman–Crippen LogP) is 3.20. The summed E-state index contributed by atoms with van der Waals surface area (Å²) in [4.78, 5) is 26.3. The van der Waals surface area contributed by atoms with Crippen LogP contribution in [0.3, 0.4) is 0 Å². The standard InChI is InChI=1S/C21H23NO4/c1-14-10-15(2)12-18(11-14)25-13-20(23)26-16(3)21(24)22-9-8-17-6-4-5-7-19(17)22/h4-7,10-12,16H,8-9,13H2,1-3H3. The summed E-state index contributed by atoms with van der Waals surface area (Å²) >= 11 is 0. The molecule has 0 radical (unpaired) electrons. The van der Waals surface area contributed by atoms with Crippen LogP contribution in [-0.4, -0.2) is 31.1 Å². The Morgan fingerprint density at radius 1 is 1.12 bits per heavy atom. The molecular formula is C21H23NO4. The normalized spacial score (nSPS) is 13.9. The molecule has 5 nitrogen and oxygen atoms in total. The number of anilines is 1. The molecule has 136 valence electrons. The van der Waals surface area contributed by atoms with Crippen LogP contribution in [0, 0.1) is 13.8 Å². The zero-order valence-electron chi connectivity index (χ0n) is 15.3. The van der Waals surface area contributed by atoms with Crippen LogP contribution in [-0.2, 0) is 20.7 Å². The zero-order chi connectivity index (χ0) is 18.7. The SMILES string of the molecule is Cc1cc(C)cc(OCC(=O)OC(C)C(=O)N2CCc3ccccc32)c1. The smallest absolute Gasteiger partial charge is 0.344 e. The lowest BCUT2D eigenvalue weighted by Crippen LogP contribution is -2.39. The van der Waals surface area contributed by atoms with Crippen molar-refractivity contribution < 1.29 is 19.1 Å². The minimum atomic E-state index is -0.850. The number of ether oxygens (including phenoxy) is 2. The Morgan fingerprint density at radius 2 is 1.81 bits per heavy atom. The van der Waals surface area contributed by atoms with Crippen LogP contribution in [0.2, 0.25) is 0 Å². The molecule has 0 aromatic heterocycles. The molecule has 1 aliphatic heterocycles. The number of aryl methyl sites for hydroxylation is 2. The Labute approximate surface area is 153 Å². The van der Waals surface area contributed by atoms with Gasteiger partial charge in [-0.3, -0.25) is 4.79 Å². The summed E-state index contributed by atoms with van der Waals surface area (Å²) in [6.07, 6.45) is -0.0326. The molecule has 0 N–H and O–H groups in total. The van der Waals surface area contributed by atoms with E-state index in [-0.39, 0.29) is 12.5 Å². The van der Waals surface area contributed by atoms with Crippen molar-refractivity contribution in [1.29, 1.82) is 0 Å². The zero-order valence-corrected chi connectivity index (χ0v) is 15.3. The van der Waals surface area contributed by atoms with Crippen LogP contribution in [0.15, 0.2) is 42.5 Å². The summed E-state index contributed by atoms with van der Waals surface area (Å²) in [7, 11) is 0. The third kappa shape index (κ3) is 4.04. The highest BCUT2D eigenvalue weighted by Gasteiger charge is 2.29. The lowest BCUT2D eigenvalue weighted by molar-refractivity contribution is -0.155. The van der Waals surface area contributed by atoms with Crippen molar-refractivity contribution in [2.24, 2.45) is 0 Å². The monoisotopic (exact) mass is 353 g/mol. The first-order valence-electron chi connectivity index (χ1n) is 8.74. The van der Waals surface area contributed by atoms with Gasteiger partial charge in [0.05, 0.1) is 0 Å². The predicted molar refractivity (Wildman–Crippen MR) is 99.5 cm³/mol. The number of carbonyl (C=O) groups is 2. The third-order valence-electron chi connectivity index (χ3n) is 4.36. The second-order valence-electron chi connectivity index (χ2n) is 6.61. The van der Waals surface area contributed by atoms with Crippen LogP contribution in [0.5, 0.6) is 5.75 Å². The summed E-state index contributed by atoms with van der Waals surface area (Å²) in [5, 5.41) is 0. The molecule has 1 amide bonds. The van der Waals surface area contributed by atoms with Crippen molar-refractivity contribution >= 4 is 17.6 Å². The Morgan fingerprint density at radius 3 is 2.54 bits per heavy atom. The number of rotatable bonds is 5. The molecular weight excluding hydrogens is 330 g/mol. The van der Waals surface area contributed by atoms with Gasteiger partial charge in [0, 0.05) is 12.2 Å². The average Bonchev–Trinajstić information content (AvgIpc) is 3.02. The molecule has 3 rings (SSSR count). The summed E-state index contributed by atoms with van der Waals surface area (Å²) in [5.41, 5.74) is 4.15. The van der Waals surface area contributed by atoms with Gasteiger partial charge in [-0.15, -0.1) is 0 Å². The lowest BCUT2D eigenvalue weighted by Gasteiger charge is -2.21. The molecule has 1 unspecified atom stereocenters. The second-order valence-corrected chi connectivity index (χ2v) is 6.61. The van der Waals surface area contributed by atoms with E-state index >= 15 is 0 Å². The Balaban J connectivity index is 1.55. The van der Waals surface area contributed by atoms with E-state index in [2.05, 4.69) is 0 Å². The minimum Gasteiger partial charge on any atom is -0.482 e. The molecule has 2 aromatic carbocycles. The van der Waals surface area contributed by atoms with E-state index in [1.54, 1.807) is 11.8 Å². The molecule has 0 saturated carbocycles. The topological polar surface area (TPSA) is 55.8 Å². The van der Waals surface area contributed by atoms with Gasteiger partial charge in [-0.05, 0) is 62.1 Å². The molecule has 1 atom stereocenters. The van der Waals surface area contributed by atoms with E-state index in [0.717, 1.165) is 28.8 Å². The summed E-state index contributed by atoms with van der Waals surface area (Å²) in [6.45, 7) is 5.91. The summed E-state index contributed by atoms with van der Waals surface area (Å²) < 4.78 is 10.8. The fourth-order valence-corrected chi connectivity index (χ4v) is 3.23. The second kappa shape index (κ2) is 7.60. The quantitative estimate of drug-likeness (QED) is 0.775. The van der Waals surface area contributed by atoms with Gasteiger partial charge in [-0.2, -0.15) is 0 Å². The Bertz CT molecular complexity index is 810. The van der Waals surface area contributed by atoms with Gasteiger partial charge in [0.15, 0.2) is 12.7 Å². The molecule has 2 aromatic rings. The number of para-hydroxylation sites is 1. The van der Waals surface area contributed by atoms with Crippen LogP contribution < -0.4 is 9.64 Å². The molecule has 1 aliphatic rings. The highest BCUT2D eigenvalue weighted by molar-refractivity contribution is 5.99. The van der Waals surface area contributed by atoms with Gasteiger partial charge < -0.3 is 14.4 Å². The van der Waals surface area contributed by atoms with E-state index < -0.39 is 12.1 Å². The molecule has 0 saturated heterocycles. The van der Waals surface area contributed by atoms with E-state index in [4.69, 9.17) is 9.47 Å². The minimum absolute atomic E-state index is 0.213. The largest absolute Gasteiger partial charge is 0.482 e. The van der Waals surface area contributed by atoms with Crippen molar-refractivity contribution in [1.82, 2.24) is 0 Å². The number of hydrogen-bond acceptors (Lipinski definition) is 4.